The summed E-state index contributed by atoms with van der Waals surface area (Å²) in [5.41, 5.74) is 6.44. The molecule has 4 aliphatic carbocycles. The number of fused-ring (bicyclic) bond motifs is 7. The lowest BCUT2D eigenvalue weighted by molar-refractivity contribution is -0.0908. The highest BCUT2D eigenvalue weighted by molar-refractivity contribution is 7.99. The van der Waals surface area contributed by atoms with Gasteiger partial charge in [0.25, 0.3) is 0 Å². The summed E-state index contributed by atoms with van der Waals surface area (Å²) in [5, 5.41) is 11.2. The minimum atomic E-state index is 0.120. The zero-order valence-electron chi connectivity index (χ0n) is 21.4. The summed E-state index contributed by atoms with van der Waals surface area (Å²) in [6, 6.07) is 13.2. The molecule has 2 aromatic rings. The number of pyridine rings is 1. The summed E-state index contributed by atoms with van der Waals surface area (Å²) in [6.07, 6.45) is 14.2. The smallest absolute Gasteiger partial charge is 0.115 e. The maximum atomic E-state index is 10.3. The van der Waals surface area contributed by atoms with Crippen molar-refractivity contribution in [2.75, 3.05) is 5.75 Å². The fourth-order valence-electron chi connectivity index (χ4n) is 9.05. The van der Waals surface area contributed by atoms with Gasteiger partial charge < -0.3 is 0 Å². The van der Waals surface area contributed by atoms with Crippen molar-refractivity contribution in [1.82, 2.24) is 4.98 Å². The van der Waals surface area contributed by atoms with E-state index in [1.165, 1.54) is 68.2 Å². The first-order valence-electron chi connectivity index (χ1n) is 13.8. The molecule has 1 aromatic carbocycles. The summed E-state index contributed by atoms with van der Waals surface area (Å²) >= 11 is 1.67. The maximum Gasteiger partial charge on any atom is 0.115 e. The topological polar surface area (TPSA) is 36.7 Å². The van der Waals surface area contributed by atoms with Gasteiger partial charge in [-0.25, -0.2) is 4.98 Å². The number of thioether (sulfide) groups is 1. The summed E-state index contributed by atoms with van der Waals surface area (Å²) in [7, 11) is 0. The highest BCUT2D eigenvalue weighted by Crippen LogP contribution is 2.66. The van der Waals surface area contributed by atoms with Crippen molar-refractivity contribution >= 4 is 11.8 Å². The van der Waals surface area contributed by atoms with Crippen LogP contribution < -0.4 is 0 Å². The Morgan fingerprint density at radius 1 is 1.09 bits per heavy atom. The van der Waals surface area contributed by atoms with Crippen LogP contribution in [0, 0.1) is 40.4 Å². The largest absolute Gasteiger partial charge is 0.244 e. The number of nitriles is 1. The van der Waals surface area contributed by atoms with Gasteiger partial charge in [0.2, 0.25) is 0 Å². The first kappa shape index (κ1) is 23.4. The van der Waals surface area contributed by atoms with Crippen LogP contribution >= 0.6 is 11.8 Å². The lowest BCUT2D eigenvalue weighted by Gasteiger charge is -2.59. The van der Waals surface area contributed by atoms with Crippen LogP contribution in [-0.2, 0) is 11.8 Å². The molecule has 4 aliphatic rings. The normalized spacial score (nSPS) is 35.2. The van der Waals surface area contributed by atoms with E-state index in [9.17, 15) is 5.26 Å². The first-order valence-corrected chi connectivity index (χ1v) is 14.8. The molecule has 6 unspecified atom stereocenters. The number of benzene rings is 1. The summed E-state index contributed by atoms with van der Waals surface area (Å²) < 4.78 is 0. The third-order valence-electron chi connectivity index (χ3n) is 10.7. The van der Waals surface area contributed by atoms with Gasteiger partial charge in [0.15, 0.2) is 0 Å². The van der Waals surface area contributed by atoms with Crippen molar-refractivity contribution in [3.8, 4) is 17.2 Å². The third kappa shape index (κ3) is 3.46. The van der Waals surface area contributed by atoms with E-state index in [-0.39, 0.29) is 5.41 Å². The van der Waals surface area contributed by atoms with Crippen molar-refractivity contribution in [3.63, 3.8) is 0 Å². The second kappa shape index (κ2) is 8.81. The summed E-state index contributed by atoms with van der Waals surface area (Å²) in [6.45, 7) is 9.09. The monoisotopic (exact) mass is 482 g/mol. The van der Waals surface area contributed by atoms with Gasteiger partial charge in [-0.3, -0.25) is 0 Å². The van der Waals surface area contributed by atoms with Gasteiger partial charge in [-0.15, -0.1) is 18.3 Å². The van der Waals surface area contributed by atoms with Crippen molar-refractivity contribution < 1.29 is 0 Å². The van der Waals surface area contributed by atoms with Crippen molar-refractivity contribution in [2.45, 2.75) is 82.1 Å². The second-order valence-electron chi connectivity index (χ2n) is 12.1. The van der Waals surface area contributed by atoms with Gasteiger partial charge in [0.1, 0.15) is 11.1 Å². The number of hydrogen-bond acceptors (Lipinski definition) is 3. The van der Waals surface area contributed by atoms with Gasteiger partial charge in [0, 0.05) is 16.7 Å². The molecule has 0 spiro atoms. The Morgan fingerprint density at radius 2 is 1.91 bits per heavy atom. The van der Waals surface area contributed by atoms with E-state index in [0.717, 1.165) is 46.1 Å². The molecule has 0 N–H and O–H groups in total. The molecule has 3 heteroatoms. The van der Waals surface area contributed by atoms with Crippen LogP contribution in [0.4, 0.5) is 0 Å². The molecule has 0 radical (unpaired) electrons. The number of nitrogens with zero attached hydrogens (tertiary/aromatic N) is 2. The maximum absolute atomic E-state index is 10.3. The highest BCUT2D eigenvalue weighted by atomic mass is 32.2. The molecule has 3 saturated carbocycles. The molecule has 0 bridgehead atoms. The standard InChI is InChI=1S/C32H38N2S/c1-4-18-35-30-25(20-33)28(21-10-6-5-7-11-21)24-19-27-23-14-13-22-12-8-9-16-31(22,2)26(23)15-17-32(27,3)29(24)34-30/h4-7,10-11,22-23,26-27H,1,8-9,12-19H2,2-3H3. The van der Waals surface area contributed by atoms with E-state index in [2.05, 4.69) is 56.8 Å². The second-order valence-corrected chi connectivity index (χ2v) is 13.1. The average Bonchev–Trinajstić information content (AvgIpc) is 3.18. The lowest BCUT2D eigenvalue weighted by atomic mass is 9.45. The Balaban J connectivity index is 1.48. The van der Waals surface area contributed by atoms with Gasteiger partial charge in [-0.05, 0) is 85.2 Å². The van der Waals surface area contributed by atoms with E-state index in [0.29, 0.717) is 11.3 Å². The molecule has 6 rings (SSSR count). The Kier molecular flexibility index (Phi) is 5.88. The van der Waals surface area contributed by atoms with Crippen LogP contribution in [0.1, 0.15) is 82.0 Å². The van der Waals surface area contributed by atoms with Crippen molar-refractivity contribution in [3.05, 3.63) is 59.8 Å². The van der Waals surface area contributed by atoms with Gasteiger partial charge in [0.05, 0.1) is 11.3 Å². The summed E-state index contributed by atoms with van der Waals surface area (Å²) in [4.78, 5) is 5.33. The quantitative estimate of drug-likeness (QED) is 0.324. The zero-order valence-corrected chi connectivity index (χ0v) is 22.2. The van der Waals surface area contributed by atoms with E-state index in [1.54, 1.807) is 11.8 Å². The molecule has 6 atom stereocenters. The molecule has 182 valence electrons. The zero-order chi connectivity index (χ0) is 24.2. The average molecular weight is 483 g/mol. The van der Waals surface area contributed by atoms with Crippen molar-refractivity contribution in [2.24, 2.45) is 29.1 Å². The fraction of sp³-hybridized carbons (Fsp3) is 0.562. The SMILES string of the molecule is C=CCSc1nc2c(c(-c3ccccc3)c1C#N)CC1C3CCC4CCCCC4(C)C3CCC21C. The molecular weight excluding hydrogens is 444 g/mol. The van der Waals surface area contributed by atoms with Gasteiger partial charge >= 0.3 is 0 Å². The van der Waals surface area contributed by atoms with Crippen LogP contribution in [0.3, 0.4) is 0 Å². The van der Waals surface area contributed by atoms with Crippen LogP contribution in [0.5, 0.6) is 0 Å². The number of aromatic nitrogens is 1. The number of rotatable bonds is 4. The van der Waals surface area contributed by atoms with E-state index >= 15 is 0 Å². The minimum absolute atomic E-state index is 0.120. The summed E-state index contributed by atoms with van der Waals surface area (Å²) in [5.74, 6) is 4.02. The predicted molar refractivity (Wildman–Crippen MR) is 145 cm³/mol. The Bertz CT molecular complexity index is 1180. The Labute approximate surface area is 215 Å². The van der Waals surface area contributed by atoms with Crippen LogP contribution in [0.2, 0.25) is 0 Å². The predicted octanol–water partition coefficient (Wildman–Crippen LogP) is 8.34. The van der Waals surface area contributed by atoms with Crippen molar-refractivity contribution in [1.29, 1.82) is 5.26 Å². The van der Waals surface area contributed by atoms with E-state index in [1.807, 2.05) is 6.08 Å². The molecule has 2 nitrogen and oxygen atoms in total. The molecular formula is C32H38N2S. The lowest BCUT2D eigenvalue weighted by Crippen LogP contribution is -2.53. The molecule has 1 aromatic heterocycles. The van der Waals surface area contributed by atoms with E-state index in [4.69, 9.17) is 4.98 Å². The Hall–Kier alpha value is -2.05. The molecule has 0 aliphatic heterocycles. The molecule has 0 saturated heterocycles. The number of hydrogen-bond donors (Lipinski definition) is 0. The van der Waals surface area contributed by atoms with E-state index < -0.39 is 0 Å². The third-order valence-corrected chi connectivity index (χ3v) is 11.7. The van der Waals surface area contributed by atoms with Gasteiger partial charge in [-0.2, -0.15) is 5.26 Å². The molecule has 0 amide bonds. The first-order chi connectivity index (χ1) is 17.0. The van der Waals surface area contributed by atoms with Gasteiger partial charge in [-0.1, -0.05) is 63.1 Å². The fourth-order valence-corrected chi connectivity index (χ4v) is 9.77. The molecule has 35 heavy (non-hydrogen) atoms. The molecule has 3 fully saturated rings. The van der Waals surface area contributed by atoms with Crippen LogP contribution in [0.25, 0.3) is 11.1 Å². The Morgan fingerprint density at radius 3 is 2.69 bits per heavy atom. The van der Waals surface area contributed by atoms with Crippen LogP contribution in [0.15, 0.2) is 48.0 Å². The highest BCUT2D eigenvalue weighted by Gasteiger charge is 2.59. The minimum Gasteiger partial charge on any atom is -0.244 e. The van der Waals surface area contributed by atoms with Crippen LogP contribution in [-0.4, -0.2) is 10.7 Å². The molecule has 1 heterocycles.